The van der Waals surface area contributed by atoms with Crippen LogP contribution in [0.1, 0.15) is 17.0 Å². The Morgan fingerprint density at radius 1 is 0.929 bits per heavy atom. The van der Waals surface area contributed by atoms with Gasteiger partial charge >= 0.3 is 5.97 Å². The first-order chi connectivity index (χ1) is 20.3. The molecule has 0 bridgehead atoms. The van der Waals surface area contributed by atoms with Crippen LogP contribution in [-0.2, 0) is 14.4 Å². The van der Waals surface area contributed by atoms with E-state index in [4.69, 9.17) is 21.1 Å². The van der Waals surface area contributed by atoms with Gasteiger partial charge in [-0.3, -0.25) is 24.5 Å². The second kappa shape index (κ2) is 9.53. The minimum Gasteiger partial charge on any atom is -0.497 e. The molecule has 2 aliphatic heterocycles. The molecule has 42 heavy (non-hydrogen) atoms. The third-order valence-corrected chi connectivity index (χ3v) is 8.69. The molecule has 9 nitrogen and oxygen atoms in total. The lowest BCUT2D eigenvalue weighted by Gasteiger charge is -2.38. The smallest absolute Gasteiger partial charge is 0.319 e. The van der Waals surface area contributed by atoms with Crippen molar-refractivity contribution in [1.82, 2.24) is 0 Å². The lowest BCUT2D eigenvalue weighted by molar-refractivity contribution is -0.384. The van der Waals surface area contributed by atoms with E-state index in [0.29, 0.717) is 22.6 Å². The molecule has 1 saturated heterocycles. The third kappa shape index (κ3) is 3.74. The number of imide groups is 1. The SMILES string of the molecule is COc1ccc([C@@H]2C=C3c4ccc5ccccc5c4OC(=O)[C@@H]3[C@@H]3C(=O)N(c4cc([N+](=O)[O-])ccc4Cl)C(=O)[C@@H]32)cc1. The molecule has 1 aliphatic carbocycles. The average molecular weight is 581 g/mol. The quantitative estimate of drug-likeness (QED) is 0.0965. The molecule has 0 saturated carbocycles. The van der Waals surface area contributed by atoms with Crippen molar-refractivity contribution in [3.8, 4) is 11.5 Å². The van der Waals surface area contributed by atoms with Crippen LogP contribution in [0, 0.1) is 27.9 Å². The molecule has 0 unspecified atom stereocenters. The number of carbonyl (C=O) groups excluding carboxylic acids is 3. The number of non-ortho nitro benzene ring substituents is 1. The van der Waals surface area contributed by atoms with E-state index in [1.807, 2.05) is 54.6 Å². The first-order valence-electron chi connectivity index (χ1n) is 13.2. The van der Waals surface area contributed by atoms with E-state index in [-0.39, 0.29) is 16.4 Å². The van der Waals surface area contributed by atoms with E-state index >= 15 is 0 Å². The van der Waals surface area contributed by atoms with Crippen LogP contribution >= 0.6 is 11.6 Å². The molecule has 4 aromatic carbocycles. The van der Waals surface area contributed by atoms with Gasteiger partial charge in [0.1, 0.15) is 11.5 Å². The summed E-state index contributed by atoms with van der Waals surface area (Å²) in [6.45, 7) is 0. The molecule has 0 N–H and O–H groups in total. The van der Waals surface area contributed by atoms with E-state index in [1.165, 1.54) is 12.1 Å². The van der Waals surface area contributed by atoms with Crippen molar-refractivity contribution in [2.75, 3.05) is 12.0 Å². The number of rotatable bonds is 4. The number of methoxy groups -OCH3 is 1. The Kier molecular flexibility index (Phi) is 5.88. The van der Waals surface area contributed by atoms with Crippen molar-refractivity contribution in [3.63, 3.8) is 0 Å². The van der Waals surface area contributed by atoms with Gasteiger partial charge in [-0.2, -0.15) is 0 Å². The molecule has 208 valence electrons. The number of benzene rings is 4. The van der Waals surface area contributed by atoms with Crippen LogP contribution in [0.4, 0.5) is 11.4 Å². The van der Waals surface area contributed by atoms with Crippen molar-refractivity contribution < 1.29 is 28.8 Å². The number of ether oxygens (including phenoxy) is 2. The highest BCUT2D eigenvalue weighted by atomic mass is 35.5. The Morgan fingerprint density at radius 3 is 2.40 bits per heavy atom. The summed E-state index contributed by atoms with van der Waals surface area (Å²) in [5, 5.41) is 13.2. The minimum absolute atomic E-state index is 0.00170. The molecule has 4 aromatic rings. The van der Waals surface area contributed by atoms with Crippen molar-refractivity contribution in [2.45, 2.75) is 5.92 Å². The zero-order valence-corrected chi connectivity index (χ0v) is 22.8. The molecular weight excluding hydrogens is 560 g/mol. The molecule has 2 heterocycles. The van der Waals surface area contributed by atoms with E-state index in [1.54, 1.807) is 19.2 Å². The van der Waals surface area contributed by atoms with Gasteiger partial charge in [0.05, 0.1) is 40.5 Å². The summed E-state index contributed by atoms with van der Waals surface area (Å²) < 4.78 is 11.2. The summed E-state index contributed by atoms with van der Waals surface area (Å²) >= 11 is 6.40. The second-order valence-corrected chi connectivity index (χ2v) is 10.8. The number of esters is 1. The summed E-state index contributed by atoms with van der Waals surface area (Å²) in [6.07, 6.45) is 1.88. The third-order valence-electron chi connectivity index (χ3n) is 8.37. The topological polar surface area (TPSA) is 116 Å². The number of fused-ring (bicyclic) bond motifs is 7. The van der Waals surface area contributed by atoms with Gasteiger partial charge in [-0.25, -0.2) is 4.90 Å². The van der Waals surface area contributed by atoms with Crippen LogP contribution in [0.2, 0.25) is 5.02 Å². The van der Waals surface area contributed by atoms with Crippen LogP contribution in [0.5, 0.6) is 11.5 Å². The van der Waals surface area contributed by atoms with E-state index in [2.05, 4.69) is 0 Å². The maximum absolute atomic E-state index is 14.2. The van der Waals surface area contributed by atoms with Crippen LogP contribution in [0.3, 0.4) is 0 Å². The Bertz CT molecular complexity index is 1880. The van der Waals surface area contributed by atoms with Crippen molar-refractivity contribution in [3.05, 3.63) is 111 Å². The molecule has 7 rings (SSSR count). The van der Waals surface area contributed by atoms with Crippen molar-refractivity contribution in [1.29, 1.82) is 0 Å². The standard InChI is InChI=1S/C32H21ClN2O7/c1-41-19-10-6-17(7-11-19)22-15-23-21-12-8-16-4-2-3-5-20(16)29(21)42-32(38)27(23)28-26(22)30(36)34(31(28)37)25-14-18(35(39)40)9-13-24(25)33/h2-15,22,26-28H,1H3/t22-,26+,27-,28+/m0/s1. The van der Waals surface area contributed by atoms with Gasteiger partial charge in [0.2, 0.25) is 11.8 Å². The monoisotopic (exact) mass is 580 g/mol. The first kappa shape index (κ1) is 25.9. The van der Waals surface area contributed by atoms with Crippen molar-refractivity contribution in [2.24, 2.45) is 17.8 Å². The lowest BCUT2D eigenvalue weighted by atomic mass is 9.64. The molecule has 0 spiro atoms. The summed E-state index contributed by atoms with van der Waals surface area (Å²) in [4.78, 5) is 53.9. The van der Waals surface area contributed by atoms with Gasteiger partial charge in [-0.15, -0.1) is 0 Å². The van der Waals surface area contributed by atoms with Crippen LogP contribution in [0.25, 0.3) is 16.3 Å². The number of nitro benzene ring substituents is 1. The molecule has 0 radical (unpaired) electrons. The lowest BCUT2D eigenvalue weighted by Crippen LogP contribution is -2.42. The molecule has 4 atom stereocenters. The largest absolute Gasteiger partial charge is 0.497 e. The predicted molar refractivity (Wildman–Crippen MR) is 154 cm³/mol. The zero-order chi connectivity index (χ0) is 29.3. The molecule has 0 aromatic heterocycles. The number of hydrogen-bond donors (Lipinski definition) is 0. The van der Waals surface area contributed by atoms with Gasteiger partial charge in [0, 0.05) is 29.0 Å². The van der Waals surface area contributed by atoms with E-state index < -0.39 is 46.4 Å². The van der Waals surface area contributed by atoms with Gasteiger partial charge in [-0.1, -0.05) is 66.2 Å². The molecule has 1 fully saturated rings. The highest BCUT2D eigenvalue weighted by Crippen LogP contribution is 2.56. The second-order valence-electron chi connectivity index (χ2n) is 10.4. The predicted octanol–water partition coefficient (Wildman–Crippen LogP) is 5.93. The van der Waals surface area contributed by atoms with Crippen LogP contribution in [-0.4, -0.2) is 29.8 Å². The number of amides is 2. The molecular formula is C32H21ClN2O7. The van der Waals surface area contributed by atoms with E-state index in [9.17, 15) is 24.5 Å². The summed E-state index contributed by atoms with van der Waals surface area (Å²) in [5.41, 5.74) is 1.59. The average Bonchev–Trinajstić information content (AvgIpc) is 3.26. The Morgan fingerprint density at radius 2 is 1.67 bits per heavy atom. The maximum atomic E-state index is 14.2. The number of nitrogens with zero attached hydrogens (tertiary/aromatic N) is 2. The van der Waals surface area contributed by atoms with Gasteiger partial charge in [0.25, 0.3) is 5.69 Å². The van der Waals surface area contributed by atoms with Gasteiger partial charge < -0.3 is 9.47 Å². The Balaban J connectivity index is 1.44. The Hall–Kier alpha value is -5.02. The fourth-order valence-corrected chi connectivity index (χ4v) is 6.67. The van der Waals surface area contributed by atoms with Crippen LogP contribution < -0.4 is 14.4 Å². The zero-order valence-electron chi connectivity index (χ0n) is 22.0. The number of anilines is 1. The highest BCUT2D eigenvalue weighted by Gasteiger charge is 2.60. The normalized spacial score (nSPS) is 22.7. The summed E-state index contributed by atoms with van der Waals surface area (Å²) in [7, 11) is 1.55. The minimum atomic E-state index is -1.12. The summed E-state index contributed by atoms with van der Waals surface area (Å²) in [6, 6.07) is 22.1. The number of carbonyl (C=O) groups is 3. The summed E-state index contributed by atoms with van der Waals surface area (Å²) in [5.74, 6) is -4.63. The molecule has 3 aliphatic rings. The van der Waals surface area contributed by atoms with Crippen LogP contribution in [0.15, 0.2) is 84.9 Å². The Labute approximate surface area is 244 Å². The molecule has 2 amide bonds. The number of nitro groups is 1. The van der Waals surface area contributed by atoms with Crippen molar-refractivity contribution >= 4 is 57.1 Å². The number of hydrogen-bond acceptors (Lipinski definition) is 7. The van der Waals surface area contributed by atoms with Gasteiger partial charge in [0.15, 0.2) is 0 Å². The van der Waals surface area contributed by atoms with E-state index in [0.717, 1.165) is 27.3 Å². The first-order valence-corrected chi connectivity index (χ1v) is 13.6. The van der Waals surface area contributed by atoms with Gasteiger partial charge in [-0.05, 0) is 34.7 Å². The number of allylic oxidation sites excluding steroid dienone is 1. The maximum Gasteiger partial charge on any atom is 0.319 e. The molecule has 10 heteroatoms. The number of halogens is 1. The fourth-order valence-electron chi connectivity index (χ4n) is 6.46. The fraction of sp³-hybridized carbons (Fsp3) is 0.156. The highest BCUT2D eigenvalue weighted by molar-refractivity contribution is 6.36.